The van der Waals surface area contributed by atoms with Gasteiger partial charge in [-0.15, -0.1) is 0 Å². The van der Waals surface area contributed by atoms with Gasteiger partial charge in [0, 0.05) is 13.1 Å². The number of aromatic carboxylic acids is 1. The Kier molecular flexibility index (Phi) is 5.06. The average Bonchev–Trinajstić information content (AvgIpc) is 2.38. The zero-order chi connectivity index (χ0) is 14.5. The van der Waals surface area contributed by atoms with Crippen molar-refractivity contribution in [1.29, 1.82) is 0 Å². The first-order chi connectivity index (χ1) is 8.86. The SMILES string of the molecule is CC(C)(CN)C(=O)NCCc1cccc(C(=O)O)c1. The molecule has 0 atom stereocenters. The molecule has 1 aromatic carbocycles. The quantitative estimate of drug-likeness (QED) is 0.715. The number of carboxylic acids is 1. The Bertz CT molecular complexity index is 470. The van der Waals surface area contributed by atoms with Gasteiger partial charge in [0.05, 0.1) is 11.0 Å². The second kappa shape index (κ2) is 6.33. The van der Waals surface area contributed by atoms with Gasteiger partial charge in [0.25, 0.3) is 0 Å². The lowest BCUT2D eigenvalue weighted by Gasteiger charge is -2.21. The van der Waals surface area contributed by atoms with Gasteiger partial charge >= 0.3 is 5.97 Å². The number of hydrogen-bond donors (Lipinski definition) is 3. The molecule has 0 radical (unpaired) electrons. The number of amides is 1. The maximum atomic E-state index is 11.8. The Morgan fingerprint density at radius 2 is 2.05 bits per heavy atom. The summed E-state index contributed by atoms with van der Waals surface area (Å²) in [6, 6.07) is 6.70. The van der Waals surface area contributed by atoms with E-state index in [4.69, 9.17) is 10.8 Å². The number of carboxylic acid groups (broad SMARTS) is 1. The van der Waals surface area contributed by atoms with Gasteiger partial charge in [0.15, 0.2) is 0 Å². The Morgan fingerprint density at radius 1 is 1.37 bits per heavy atom. The van der Waals surface area contributed by atoms with Crippen LogP contribution in [0.25, 0.3) is 0 Å². The zero-order valence-electron chi connectivity index (χ0n) is 11.3. The van der Waals surface area contributed by atoms with Crippen LogP contribution in [-0.2, 0) is 11.2 Å². The summed E-state index contributed by atoms with van der Waals surface area (Å²) in [4.78, 5) is 22.6. The fourth-order valence-corrected chi connectivity index (χ4v) is 1.51. The van der Waals surface area contributed by atoms with Crippen molar-refractivity contribution in [3.63, 3.8) is 0 Å². The van der Waals surface area contributed by atoms with Crippen molar-refractivity contribution in [2.24, 2.45) is 11.1 Å². The second-order valence-corrected chi connectivity index (χ2v) is 5.10. The Hall–Kier alpha value is -1.88. The minimum absolute atomic E-state index is 0.0932. The highest BCUT2D eigenvalue weighted by Gasteiger charge is 2.24. The molecule has 0 unspecified atom stereocenters. The van der Waals surface area contributed by atoms with E-state index in [1.54, 1.807) is 32.0 Å². The molecule has 0 aromatic heterocycles. The van der Waals surface area contributed by atoms with Crippen molar-refractivity contribution in [1.82, 2.24) is 5.32 Å². The lowest BCUT2D eigenvalue weighted by Crippen LogP contribution is -2.42. The number of rotatable bonds is 6. The van der Waals surface area contributed by atoms with Gasteiger partial charge in [0.2, 0.25) is 5.91 Å². The first-order valence-electron chi connectivity index (χ1n) is 6.17. The van der Waals surface area contributed by atoms with Crippen molar-refractivity contribution in [3.05, 3.63) is 35.4 Å². The summed E-state index contributed by atoms with van der Waals surface area (Å²) in [7, 11) is 0. The van der Waals surface area contributed by atoms with E-state index in [2.05, 4.69) is 5.32 Å². The number of carbonyl (C=O) groups is 2. The molecule has 0 bridgehead atoms. The van der Waals surface area contributed by atoms with Crippen LogP contribution < -0.4 is 11.1 Å². The van der Waals surface area contributed by atoms with E-state index < -0.39 is 11.4 Å². The van der Waals surface area contributed by atoms with Crippen LogP contribution in [0.5, 0.6) is 0 Å². The topological polar surface area (TPSA) is 92.4 Å². The lowest BCUT2D eigenvalue weighted by molar-refractivity contribution is -0.128. The average molecular weight is 264 g/mol. The minimum atomic E-state index is -0.949. The molecule has 1 rings (SSSR count). The van der Waals surface area contributed by atoms with Gasteiger partial charge in [-0.2, -0.15) is 0 Å². The third-order valence-electron chi connectivity index (χ3n) is 3.00. The predicted molar refractivity (Wildman–Crippen MR) is 73.0 cm³/mol. The highest BCUT2D eigenvalue weighted by molar-refractivity contribution is 5.87. The highest BCUT2D eigenvalue weighted by Crippen LogP contribution is 2.12. The predicted octanol–water partition coefficient (Wildman–Crippen LogP) is 1.03. The Balaban J connectivity index is 2.52. The summed E-state index contributed by atoms with van der Waals surface area (Å²) in [6.45, 7) is 4.32. The van der Waals surface area contributed by atoms with Crippen molar-refractivity contribution in [3.8, 4) is 0 Å². The van der Waals surface area contributed by atoms with Crippen LogP contribution in [0, 0.1) is 5.41 Å². The van der Waals surface area contributed by atoms with E-state index in [-0.39, 0.29) is 18.0 Å². The van der Waals surface area contributed by atoms with Crippen molar-refractivity contribution >= 4 is 11.9 Å². The van der Waals surface area contributed by atoms with Crippen LogP contribution in [0.2, 0.25) is 0 Å². The number of nitrogens with one attached hydrogen (secondary N) is 1. The number of nitrogens with two attached hydrogens (primary N) is 1. The Labute approximate surface area is 112 Å². The summed E-state index contributed by atoms with van der Waals surface area (Å²) in [6.07, 6.45) is 0.591. The molecule has 104 valence electrons. The number of carbonyl (C=O) groups excluding carboxylic acids is 1. The van der Waals surface area contributed by atoms with E-state index in [0.29, 0.717) is 13.0 Å². The summed E-state index contributed by atoms with van der Waals surface area (Å²) < 4.78 is 0. The van der Waals surface area contributed by atoms with Crippen LogP contribution in [0.3, 0.4) is 0 Å². The molecule has 0 fully saturated rings. The van der Waals surface area contributed by atoms with Crippen molar-refractivity contribution in [2.75, 3.05) is 13.1 Å². The first kappa shape index (κ1) is 15.2. The molecular formula is C14H20N2O3. The van der Waals surface area contributed by atoms with Crippen LogP contribution in [0.4, 0.5) is 0 Å². The summed E-state index contributed by atoms with van der Waals surface area (Å²) in [5.74, 6) is -1.04. The van der Waals surface area contributed by atoms with Crippen molar-refractivity contribution < 1.29 is 14.7 Å². The second-order valence-electron chi connectivity index (χ2n) is 5.10. The standard InChI is InChI=1S/C14H20N2O3/c1-14(2,9-15)13(19)16-7-6-10-4-3-5-11(8-10)12(17)18/h3-5,8H,6-7,9,15H2,1-2H3,(H,16,19)(H,17,18). The number of benzene rings is 1. The lowest BCUT2D eigenvalue weighted by atomic mass is 9.92. The summed E-state index contributed by atoms with van der Waals surface area (Å²) in [5.41, 5.74) is 6.07. The zero-order valence-corrected chi connectivity index (χ0v) is 11.3. The molecule has 1 amide bonds. The van der Waals surface area contributed by atoms with Crippen LogP contribution in [0.15, 0.2) is 24.3 Å². The Morgan fingerprint density at radius 3 is 2.63 bits per heavy atom. The van der Waals surface area contributed by atoms with E-state index in [0.717, 1.165) is 5.56 Å². The molecule has 0 spiro atoms. The van der Waals surface area contributed by atoms with E-state index in [1.165, 1.54) is 0 Å². The van der Waals surface area contributed by atoms with Crippen LogP contribution in [-0.4, -0.2) is 30.1 Å². The molecule has 0 heterocycles. The van der Waals surface area contributed by atoms with Gasteiger partial charge < -0.3 is 16.2 Å². The maximum Gasteiger partial charge on any atom is 0.335 e. The van der Waals surface area contributed by atoms with E-state index >= 15 is 0 Å². The molecule has 0 aliphatic rings. The third-order valence-corrected chi connectivity index (χ3v) is 3.00. The monoisotopic (exact) mass is 264 g/mol. The fourth-order valence-electron chi connectivity index (χ4n) is 1.51. The molecule has 1 aromatic rings. The maximum absolute atomic E-state index is 11.8. The third kappa shape index (κ3) is 4.37. The largest absolute Gasteiger partial charge is 0.478 e. The molecule has 0 saturated heterocycles. The molecule has 5 heteroatoms. The molecule has 0 aliphatic carbocycles. The molecule has 4 N–H and O–H groups in total. The summed E-state index contributed by atoms with van der Waals surface area (Å²) in [5, 5.41) is 11.7. The molecule has 0 saturated carbocycles. The highest BCUT2D eigenvalue weighted by atomic mass is 16.4. The van der Waals surface area contributed by atoms with E-state index in [1.807, 2.05) is 6.07 Å². The molecule has 5 nitrogen and oxygen atoms in total. The van der Waals surface area contributed by atoms with Crippen LogP contribution >= 0.6 is 0 Å². The molecular weight excluding hydrogens is 244 g/mol. The summed E-state index contributed by atoms with van der Waals surface area (Å²) >= 11 is 0. The smallest absolute Gasteiger partial charge is 0.335 e. The van der Waals surface area contributed by atoms with Crippen LogP contribution in [0.1, 0.15) is 29.8 Å². The molecule has 19 heavy (non-hydrogen) atoms. The van der Waals surface area contributed by atoms with Gasteiger partial charge in [-0.25, -0.2) is 4.79 Å². The normalized spacial score (nSPS) is 11.1. The first-order valence-corrected chi connectivity index (χ1v) is 6.17. The fraction of sp³-hybridized carbons (Fsp3) is 0.429. The minimum Gasteiger partial charge on any atom is -0.478 e. The van der Waals surface area contributed by atoms with Gasteiger partial charge in [-0.1, -0.05) is 12.1 Å². The van der Waals surface area contributed by atoms with Crippen molar-refractivity contribution in [2.45, 2.75) is 20.3 Å². The van der Waals surface area contributed by atoms with Gasteiger partial charge in [0.1, 0.15) is 0 Å². The van der Waals surface area contributed by atoms with Gasteiger partial charge in [-0.3, -0.25) is 4.79 Å². The van der Waals surface area contributed by atoms with E-state index in [9.17, 15) is 9.59 Å². The van der Waals surface area contributed by atoms with Gasteiger partial charge in [-0.05, 0) is 38.0 Å². The number of hydrogen-bond acceptors (Lipinski definition) is 3. The molecule has 0 aliphatic heterocycles.